The fourth-order valence-electron chi connectivity index (χ4n) is 2.68. The standard InChI is InChI=1S/C14H22FN3O2S/c1-3-18-8-6-12(7-9-18)17(2)21(19,20)14-10-11(15)4-5-13(14)16/h4-5,10,12H,3,6-9,16H2,1-2H3. The number of nitrogen functional groups attached to an aromatic ring is 1. The molecular formula is C14H22FN3O2S. The topological polar surface area (TPSA) is 66.6 Å². The summed E-state index contributed by atoms with van der Waals surface area (Å²) in [5, 5.41) is 0. The van der Waals surface area contributed by atoms with E-state index >= 15 is 0 Å². The lowest BCUT2D eigenvalue weighted by molar-refractivity contribution is 0.176. The molecule has 118 valence electrons. The number of halogens is 1. The molecule has 1 aromatic rings. The molecule has 1 aliphatic rings. The second kappa shape index (κ2) is 6.29. The van der Waals surface area contributed by atoms with Gasteiger partial charge in [-0.15, -0.1) is 0 Å². The molecule has 0 radical (unpaired) electrons. The van der Waals surface area contributed by atoms with E-state index in [9.17, 15) is 12.8 Å². The van der Waals surface area contributed by atoms with Crippen molar-refractivity contribution in [3.8, 4) is 0 Å². The summed E-state index contributed by atoms with van der Waals surface area (Å²) in [4.78, 5) is 2.14. The molecule has 5 nitrogen and oxygen atoms in total. The smallest absolute Gasteiger partial charge is 0.245 e. The van der Waals surface area contributed by atoms with Gasteiger partial charge in [-0.1, -0.05) is 6.92 Å². The Morgan fingerprint density at radius 3 is 2.57 bits per heavy atom. The lowest BCUT2D eigenvalue weighted by Crippen LogP contribution is -2.45. The average molecular weight is 315 g/mol. The van der Waals surface area contributed by atoms with Crippen molar-refractivity contribution < 1.29 is 12.8 Å². The first kappa shape index (κ1) is 16.2. The molecule has 21 heavy (non-hydrogen) atoms. The van der Waals surface area contributed by atoms with Crippen LogP contribution < -0.4 is 5.73 Å². The van der Waals surface area contributed by atoms with Crippen molar-refractivity contribution in [2.24, 2.45) is 0 Å². The maximum absolute atomic E-state index is 13.3. The van der Waals surface area contributed by atoms with Crippen molar-refractivity contribution in [2.45, 2.75) is 30.7 Å². The van der Waals surface area contributed by atoms with Gasteiger partial charge in [-0.3, -0.25) is 0 Å². The summed E-state index contributed by atoms with van der Waals surface area (Å²) in [6.07, 6.45) is 1.55. The molecular weight excluding hydrogens is 293 g/mol. The van der Waals surface area contributed by atoms with Gasteiger partial charge in [0.1, 0.15) is 10.7 Å². The number of piperidine rings is 1. The molecule has 1 aromatic carbocycles. The van der Waals surface area contributed by atoms with E-state index in [1.807, 2.05) is 0 Å². The maximum atomic E-state index is 13.3. The Morgan fingerprint density at radius 1 is 1.38 bits per heavy atom. The number of rotatable bonds is 4. The van der Waals surface area contributed by atoms with Crippen LogP contribution in [0.3, 0.4) is 0 Å². The highest BCUT2D eigenvalue weighted by molar-refractivity contribution is 7.89. The van der Waals surface area contributed by atoms with E-state index < -0.39 is 15.8 Å². The molecule has 2 rings (SSSR count). The van der Waals surface area contributed by atoms with E-state index in [-0.39, 0.29) is 16.6 Å². The SMILES string of the molecule is CCN1CCC(N(C)S(=O)(=O)c2cc(F)ccc2N)CC1. The summed E-state index contributed by atoms with van der Waals surface area (Å²) in [5.41, 5.74) is 5.78. The van der Waals surface area contributed by atoms with Crippen LogP contribution >= 0.6 is 0 Å². The average Bonchev–Trinajstić information content (AvgIpc) is 2.49. The Bertz CT molecular complexity index is 598. The molecule has 0 aromatic heterocycles. The van der Waals surface area contributed by atoms with Crippen LogP contribution in [-0.4, -0.2) is 50.3 Å². The zero-order chi connectivity index (χ0) is 15.6. The second-order valence-corrected chi connectivity index (χ2v) is 7.33. The van der Waals surface area contributed by atoms with Gasteiger partial charge in [0.05, 0.1) is 5.69 Å². The van der Waals surface area contributed by atoms with Crippen molar-refractivity contribution in [3.05, 3.63) is 24.0 Å². The largest absolute Gasteiger partial charge is 0.398 e. The van der Waals surface area contributed by atoms with Gasteiger partial charge in [0.2, 0.25) is 10.0 Å². The molecule has 0 aliphatic carbocycles. The number of nitrogens with two attached hydrogens (primary N) is 1. The van der Waals surface area contributed by atoms with Crippen LogP contribution in [0.5, 0.6) is 0 Å². The number of hydrogen-bond donors (Lipinski definition) is 1. The first-order valence-corrected chi connectivity index (χ1v) is 8.55. The van der Waals surface area contributed by atoms with Crippen molar-refractivity contribution in [2.75, 3.05) is 32.4 Å². The molecule has 0 amide bonds. The van der Waals surface area contributed by atoms with Gasteiger partial charge in [-0.2, -0.15) is 4.31 Å². The lowest BCUT2D eigenvalue weighted by atomic mass is 10.1. The molecule has 0 atom stereocenters. The third kappa shape index (κ3) is 3.36. The van der Waals surface area contributed by atoms with Crippen molar-refractivity contribution in [1.29, 1.82) is 0 Å². The maximum Gasteiger partial charge on any atom is 0.245 e. The summed E-state index contributed by atoms with van der Waals surface area (Å²) in [6, 6.07) is 3.37. The minimum absolute atomic E-state index is 0.0690. The minimum Gasteiger partial charge on any atom is -0.398 e. The van der Waals surface area contributed by atoms with E-state index in [0.29, 0.717) is 0 Å². The fourth-order valence-corrected chi connectivity index (χ4v) is 4.22. The second-order valence-electron chi connectivity index (χ2n) is 5.37. The number of hydrogen-bond acceptors (Lipinski definition) is 4. The normalized spacial score (nSPS) is 18.3. The minimum atomic E-state index is -3.77. The van der Waals surface area contributed by atoms with E-state index in [1.165, 1.54) is 10.4 Å². The molecule has 7 heteroatoms. The van der Waals surface area contributed by atoms with E-state index in [0.717, 1.165) is 44.6 Å². The number of sulfonamides is 1. The Hall–Kier alpha value is -1.18. The predicted octanol–water partition coefficient (Wildman–Crippen LogP) is 1.51. The van der Waals surface area contributed by atoms with Crippen molar-refractivity contribution >= 4 is 15.7 Å². The third-order valence-electron chi connectivity index (χ3n) is 4.15. The van der Waals surface area contributed by atoms with Crippen LogP contribution in [0.15, 0.2) is 23.1 Å². The predicted molar refractivity (Wildman–Crippen MR) is 80.9 cm³/mol. The first-order chi connectivity index (χ1) is 9.86. The number of anilines is 1. The van der Waals surface area contributed by atoms with E-state index in [2.05, 4.69) is 11.8 Å². The summed E-state index contributed by atoms with van der Waals surface area (Å²) in [7, 11) is -2.22. The van der Waals surface area contributed by atoms with E-state index in [1.54, 1.807) is 7.05 Å². The van der Waals surface area contributed by atoms with Crippen LogP contribution in [0.25, 0.3) is 0 Å². The molecule has 0 saturated carbocycles. The van der Waals surface area contributed by atoms with Gasteiger partial charge in [0.25, 0.3) is 0 Å². The number of nitrogens with zero attached hydrogens (tertiary/aromatic N) is 2. The molecule has 2 N–H and O–H groups in total. The highest BCUT2D eigenvalue weighted by atomic mass is 32.2. The number of benzene rings is 1. The van der Waals surface area contributed by atoms with Crippen LogP contribution in [-0.2, 0) is 10.0 Å². The van der Waals surface area contributed by atoms with Gasteiger partial charge < -0.3 is 10.6 Å². The molecule has 0 bridgehead atoms. The van der Waals surface area contributed by atoms with Crippen LogP contribution in [0, 0.1) is 5.82 Å². The Kier molecular flexibility index (Phi) is 4.85. The fraction of sp³-hybridized carbons (Fsp3) is 0.571. The highest BCUT2D eigenvalue weighted by Gasteiger charge is 2.31. The zero-order valence-electron chi connectivity index (χ0n) is 12.4. The summed E-state index contributed by atoms with van der Waals surface area (Å²) in [5.74, 6) is -0.600. The number of likely N-dealkylation sites (tertiary alicyclic amines) is 1. The van der Waals surface area contributed by atoms with Crippen molar-refractivity contribution in [3.63, 3.8) is 0 Å². The van der Waals surface area contributed by atoms with Crippen molar-refractivity contribution in [1.82, 2.24) is 9.21 Å². The monoisotopic (exact) mass is 315 g/mol. The van der Waals surface area contributed by atoms with Gasteiger partial charge in [-0.25, -0.2) is 12.8 Å². The molecule has 0 unspecified atom stereocenters. The summed E-state index contributed by atoms with van der Waals surface area (Å²) < 4.78 is 39.9. The quantitative estimate of drug-likeness (QED) is 0.855. The highest BCUT2D eigenvalue weighted by Crippen LogP contribution is 2.26. The van der Waals surface area contributed by atoms with Gasteiger partial charge in [-0.05, 0) is 50.7 Å². The molecule has 1 aliphatic heterocycles. The Balaban J connectivity index is 2.21. The van der Waals surface area contributed by atoms with E-state index in [4.69, 9.17) is 5.73 Å². The van der Waals surface area contributed by atoms with Gasteiger partial charge >= 0.3 is 0 Å². The summed E-state index contributed by atoms with van der Waals surface area (Å²) in [6.45, 7) is 4.81. The molecule has 1 fully saturated rings. The summed E-state index contributed by atoms with van der Waals surface area (Å²) >= 11 is 0. The molecule has 1 saturated heterocycles. The Morgan fingerprint density at radius 2 is 2.00 bits per heavy atom. The molecule has 0 spiro atoms. The third-order valence-corrected chi connectivity index (χ3v) is 6.12. The van der Waals surface area contributed by atoms with Gasteiger partial charge in [0, 0.05) is 13.1 Å². The van der Waals surface area contributed by atoms with Crippen LogP contribution in [0.1, 0.15) is 19.8 Å². The first-order valence-electron chi connectivity index (χ1n) is 7.11. The molecule has 1 heterocycles. The van der Waals surface area contributed by atoms with Crippen LogP contribution in [0.4, 0.5) is 10.1 Å². The Labute approximate surface area is 125 Å². The van der Waals surface area contributed by atoms with Gasteiger partial charge in [0.15, 0.2) is 0 Å². The lowest BCUT2D eigenvalue weighted by Gasteiger charge is -2.35. The van der Waals surface area contributed by atoms with Crippen LogP contribution in [0.2, 0.25) is 0 Å². The zero-order valence-corrected chi connectivity index (χ0v) is 13.2.